The molecule has 3 heterocycles. The fourth-order valence-electron chi connectivity index (χ4n) is 3.79. The highest BCUT2D eigenvalue weighted by molar-refractivity contribution is 6.42. The second kappa shape index (κ2) is 5.48. The third-order valence-electron chi connectivity index (χ3n) is 4.84. The van der Waals surface area contributed by atoms with Crippen LogP contribution in [-0.2, 0) is 13.0 Å². The van der Waals surface area contributed by atoms with E-state index in [4.69, 9.17) is 23.2 Å². The van der Waals surface area contributed by atoms with E-state index in [0.29, 0.717) is 22.1 Å². The van der Waals surface area contributed by atoms with Gasteiger partial charge in [0.15, 0.2) is 0 Å². The number of fused-ring (bicyclic) bond motifs is 4. The Hall–Kier alpha value is -1.16. The summed E-state index contributed by atoms with van der Waals surface area (Å²) in [5, 5.41) is 1.30. The van der Waals surface area contributed by atoms with Crippen LogP contribution in [0.4, 0.5) is 0 Å². The monoisotopic (exact) mass is 333 g/mol. The van der Waals surface area contributed by atoms with E-state index in [2.05, 4.69) is 20.9 Å². The Morgan fingerprint density at radius 2 is 2.14 bits per heavy atom. The minimum absolute atomic E-state index is 0.407. The summed E-state index contributed by atoms with van der Waals surface area (Å²) in [6.45, 7) is 2.79. The molecular weight excluding hydrogens is 317 g/mol. The van der Waals surface area contributed by atoms with Gasteiger partial charge in [0.2, 0.25) is 0 Å². The van der Waals surface area contributed by atoms with Gasteiger partial charge in [-0.25, -0.2) is 9.97 Å². The maximum Gasteiger partial charge on any atom is 0.125 e. The van der Waals surface area contributed by atoms with E-state index in [9.17, 15) is 0 Å². The number of rotatable bonds is 2. The van der Waals surface area contributed by atoms with Crippen LogP contribution in [0.2, 0.25) is 10.0 Å². The molecule has 2 aliphatic heterocycles. The summed E-state index contributed by atoms with van der Waals surface area (Å²) in [5.74, 6) is 0.865. The lowest BCUT2D eigenvalue weighted by Crippen LogP contribution is -2.37. The molecule has 0 saturated carbocycles. The highest BCUT2D eigenvalue weighted by atomic mass is 35.5. The van der Waals surface area contributed by atoms with E-state index in [1.807, 2.05) is 25.3 Å². The maximum absolute atomic E-state index is 6.37. The molecule has 2 bridgehead atoms. The minimum atomic E-state index is 0.407. The first-order chi connectivity index (χ1) is 10.6. The van der Waals surface area contributed by atoms with Crippen molar-refractivity contribution in [1.29, 1.82) is 0 Å². The minimum Gasteiger partial charge on any atom is -0.289 e. The van der Waals surface area contributed by atoms with Gasteiger partial charge >= 0.3 is 0 Å². The molecule has 0 spiro atoms. The SMILES string of the molecule is Cc1ncc2c(n1)C[C@H]1CC[C@@H]2N1Cc1cccc(Cl)c1Cl. The van der Waals surface area contributed by atoms with Crippen LogP contribution >= 0.6 is 23.2 Å². The number of hydrogen-bond acceptors (Lipinski definition) is 3. The normalized spacial score (nSPS) is 23.6. The zero-order valence-corrected chi connectivity index (χ0v) is 13.9. The van der Waals surface area contributed by atoms with Gasteiger partial charge in [0.1, 0.15) is 5.82 Å². The van der Waals surface area contributed by atoms with Crippen LogP contribution < -0.4 is 0 Å². The Morgan fingerprint density at radius 3 is 3.00 bits per heavy atom. The van der Waals surface area contributed by atoms with Gasteiger partial charge in [0.05, 0.1) is 15.7 Å². The van der Waals surface area contributed by atoms with E-state index in [1.165, 1.54) is 24.1 Å². The molecule has 1 aromatic carbocycles. The quantitative estimate of drug-likeness (QED) is 0.817. The topological polar surface area (TPSA) is 29.0 Å². The van der Waals surface area contributed by atoms with Crippen LogP contribution in [0.25, 0.3) is 0 Å². The Labute approximate surface area is 140 Å². The van der Waals surface area contributed by atoms with E-state index in [-0.39, 0.29) is 0 Å². The molecule has 1 aromatic heterocycles. The average molecular weight is 334 g/mol. The van der Waals surface area contributed by atoms with Crippen molar-refractivity contribution in [3.63, 3.8) is 0 Å². The van der Waals surface area contributed by atoms with Crippen molar-refractivity contribution >= 4 is 23.2 Å². The number of aromatic nitrogens is 2. The fraction of sp³-hybridized carbons (Fsp3) is 0.412. The predicted octanol–water partition coefficient (Wildman–Crippen LogP) is 4.35. The molecule has 4 rings (SSSR count). The number of aryl methyl sites for hydroxylation is 1. The number of nitrogens with zero attached hydrogens (tertiary/aromatic N) is 3. The standard InChI is InChI=1S/C17H17Cl2N3/c1-10-20-8-13-15(21-10)7-12-5-6-16(13)22(12)9-11-3-2-4-14(18)17(11)19/h2-4,8,12,16H,5-7,9H2,1H3/t12-,16+/m1/s1. The largest absolute Gasteiger partial charge is 0.289 e. The molecule has 1 fully saturated rings. The number of hydrogen-bond donors (Lipinski definition) is 0. The molecule has 0 unspecified atom stereocenters. The summed E-state index contributed by atoms with van der Waals surface area (Å²) in [5.41, 5.74) is 3.62. The number of benzene rings is 1. The van der Waals surface area contributed by atoms with Crippen LogP contribution in [0.15, 0.2) is 24.4 Å². The Balaban J connectivity index is 1.67. The average Bonchev–Trinajstić information content (AvgIpc) is 2.77. The first kappa shape index (κ1) is 14.4. The summed E-state index contributed by atoms with van der Waals surface area (Å²) >= 11 is 12.5. The van der Waals surface area contributed by atoms with Gasteiger partial charge in [-0.3, -0.25) is 4.90 Å². The Kier molecular flexibility index (Phi) is 3.60. The Morgan fingerprint density at radius 1 is 1.27 bits per heavy atom. The molecule has 114 valence electrons. The van der Waals surface area contributed by atoms with Crippen LogP contribution in [0, 0.1) is 6.92 Å². The molecule has 0 amide bonds. The summed E-state index contributed by atoms with van der Waals surface area (Å²) in [7, 11) is 0. The molecule has 0 N–H and O–H groups in total. The van der Waals surface area contributed by atoms with Gasteiger partial charge in [0.25, 0.3) is 0 Å². The highest BCUT2D eigenvalue weighted by Crippen LogP contribution is 2.44. The van der Waals surface area contributed by atoms with Crippen LogP contribution in [0.3, 0.4) is 0 Å². The maximum atomic E-state index is 6.37. The van der Waals surface area contributed by atoms with Gasteiger partial charge < -0.3 is 0 Å². The molecule has 0 radical (unpaired) electrons. The van der Waals surface area contributed by atoms with Crippen molar-refractivity contribution in [3.05, 3.63) is 57.1 Å². The van der Waals surface area contributed by atoms with Crippen LogP contribution in [0.1, 0.15) is 41.5 Å². The van der Waals surface area contributed by atoms with Crippen molar-refractivity contribution in [3.8, 4) is 0 Å². The smallest absolute Gasteiger partial charge is 0.125 e. The van der Waals surface area contributed by atoms with E-state index in [0.717, 1.165) is 24.4 Å². The third-order valence-corrected chi connectivity index (χ3v) is 5.69. The van der Waals surface area contributed by atoms with Gasteiger partial charge in [-0.05, 0) is 31.4 Å². The second-order valence-electron chi connectivity index (χ2n) is 6.16. The summed E-state index contributed by atoms with van der Waals surface area (Å²) in [6.07, 6.45) is 5.39. The molecular formula is C17H17Cl2N3. The van der Waals surface area contributed by atoms with Crippen molar-refractivity contribution < 1.29 is 0 Å². The van der Waals surface area contributed by atoms with E-state index >= 15 is 0 Å². The lowest BCUT2D eigenvalue weighted by atomic mass is 9.98. The fourth-order valence-corrected chi connectivity index (χ4v) is 4.17. The molecule has 0 aliphatic carbocycles. The van der Waals surface area contributed by atoms with Crippen molar-refractivity contribution in [2.24, 2.45) is 0 Å². The molecule has 2 aliphatic rings. The molecule has 5 heteroatoms. The zero-order valence-electron chi connectivity index (χ0n) is 12.4. The van der Waals surface area contributed by atoms with Crippen LogP contribution in [0.5, 0.6) is 0 Å². The molecule has 3 nitrogen and oxygen atoms in total. The summed E-state index contributed by atoms with van der Waals surface area (Å²) in [4.78, 5) is 11.6. The first-order valence-corrected chi connectivity index (χ1v) is 8.40. The van der Waals surface area contributed by atoms with E-state index < -0.39 is 0 Å². The van der Waals surface area contributed by atoms with E-state index in [1.54, 1.807) is 0 Å². The first-order valence-electron chi connectivity index (χ1n) is 7.64. The zero-order chi connectivity index (χ0) is 15.3. The highest BCUT2D eigenvalue weighted by Gasteiger charge is 2.40. The van der Waals surface area contributed by atoms with Crippen molar-refractivity contribution in [1.82, 2.24) is 14.9 Å². The number of halogens is 2. The predicted molar refractivity (Wildman–Crippen MR) is 88.2 cm³/mol. The van der Waals surface area contributed by atoms with Crippen molar-refractivity contribution in [2.75, 3.05) is 0 Å². The van der Waals surface area contributed by atoms with Gasteiger partial charge in [-0.15, -0.1) is 0 Å². The van der Waals surface area contributed by atoms with Gasteiger partial charge in [-0.2, -0.15) is 0 Å². The summed E-state index contributed by atoms with van der Waals surface area (Å²) in [6, 6.07) is 6.82. The van der Waals surface area contributed by atoms with Crippen LogP contribution in [-0.4, -0.2) is 20.9 Å². The summed E-state index contributed by atoms with van der Waals surface area (Å²) < 4.78 is 0. The van der Waals surface area contributed by atoms with Gasteiger partial charge in [0, 0.05) is 36.8 Å². The third kappa shape index (κ3) is 2.32. The molecule has 2 aromatic rings. The lowest BCUT2D eigenvalue weighted by molar-refractivity contribution is 0.166. The molecule has 22 heavy (non-hydrogen) atoms. The molecule has 2 atom stereocenters. The Bertz CT molecular complexity index is 732. The molecule has 1 saturated heterocycles. The second-order valence-corrected chi connectivity index (χ2v) is 6.94. The lowest BCUT2D eigenvalue weighted by Gasteiger charge is -2.35. The van der Waals surface area contributed by atoms with Crippen molar-refractivity contribution in [2.45, 2.75) is 44.8 Å². The van der Waals surface area contributed by atoms with Gasteiger partial charge in [-0.1, -0.05) is 35.3 Å².